The fourth-order valence-electron chi connectivity index (χ4n) is 2.55. The molecule has 0 bridgehead atoms. The summed E-state index contributed by atoms with van der Waals surface area (Å²) < 4.78 is 1.84. The number of nitrogens with one attached hydrogen (secondary N) is 1. The highest BCUT2D eigenvalue weighted by Gasteiger charge is 2.44. The van der Waals surface area contributed by atoms with Crippen LogP contribution in [0.25, 0.3) is 0 Å². The predicted octanol–water partition coefficient (Wildman–Crippen LogP) is 2.49. The molecule has 0 unspecified atom stereocenters. The molecule has 0 atom stereocenters. The third-order valence-electron chi connectivity index (χ3n) is 4.00. The topological polar surface area (TPSA) is 34.0 Å². The predicted molar refractivity (Wildman–Crippen MR) is 75.1 cm³/mol. The summed E-state index contributed by atoms with van der Waals surface area (Å²) in [5.74, 6) is 0.00899. The average molecular weight is 254 g/mol. The Balaban J connectivity index is 1.67. The van der Waals surface area contributed by atoms with E-state index in [9.17, 15) is 4.79 Å². The zero-order chi connectivity index (χ0) is 13.3. The summed E-state index contributed by atoms with van der Waals surface area (Å²) in [6, 6.07) is 14.2. The Labute approximate surface area is 113 Å². The lowest BCUT2D eigenvalue weighted by Crippen LogP contribution is -2.33. The van der Waals surface area contributed by atoms with Gasteiger partial charge >= 0.3 is 0 Å². The van der Waals surface area contributed by atoms with Crippen molar-refractivity contribution in [1.82, 2.24) is 9.88 Å². The molecule has 3 nitrogen and oxygen atoms in total. The minimum atomic E-state index is 0.00899. The lowest BCUT2D eigenvalue weighted by molar-refractivity contribution is 0.0941. The van der Waals surface area contributed by atoms with Crippen LogP contribution in [0.15, 0.2) is 48.7 Å². The first-order valence-electron chi connectivity index (χ1n) is 6.66. The van der Waals surface area contributed by atoms with Crippen LogP contribution in [0.5, 0.6) is 0 Å². The largest absolute Gasteiger partial charge is 0.350 e. The second kappa shape index (κ2) is 4.57. The summed E-state index contributed by atoms with van der Waals surface area (Å²) in [7, 11) is 1.89. The summed E-state index contributed by atoms with van der Waals surface area (Å²) in [6.07, 6.45) is 4.20. The van der Waals surface area contributed by atoms with Crippen LogP contribution in [0.2, 0.25) is 0 Å². The van der Waals surface area contributed by atoms with E-state index in [1.54, 1.807) is 0 Å². The van der Waals surface area contributed by atoms with Gasteiger partial charge in [-0.3, -0.25) is 4.79 Å². The van der Waals surface area contributed by atoms with E-state index < -0.39 is 0 Å². The number of benzene rings is 1. The van der Waals surface area contributed by atoms with Crippen molar-refractivity contribution in [3.63, 3.8) is 0 Å². The van der Waals surface area contributed by atoms with Gasteiger partial charge in [0, 0.05) is 25.2 Å². The molecule has 1 amide bonds. The summed E-state index contributed by atoms with van der Waals surface area (Å²) in [5.41, 5.74) is 2.22. The van der Waals surface area contributed by atoms with Crippen molar-refractivity contribution in [2.75, 3.05) is 6.54 Å². The van der Waals surface area contributed by atoms with Crippen molar-refractivity contribution in [2.24, 2.45) is 7.05 Å². The molecule has 1 aromatic heterocycles. The van der Waals surface area contributed by atoms with Crippen LogP contribution in [0, 0.1) is 0 Å². The van der Waals surface area contributed by atoms with E-state index in [0.29, 0.717) is 5.69 Å². The standard InChI is InChI=1S/C16H18N2O/c1-18-11-5-8-14(18)15(19)17-12-16(9-10-16)13-6-3-2-4-7-13/h2-8,11H,9-10,12H2,1H3,(H,17,19). The fourth-order valence-corrected chi connectivity index (χ4v) is 2.55. The Morgan fingerprint density at radius 1 is 1.21 bits per heavy atom. The highest BCUT2D eigenvalue weighted by atomic mass is 16.1. The Hall–Kier alpha value is -2.03. The number of amides is 1. The molecular weight excluding hydrogens is 236 g/mol. The minimum Gasteiger partial charge on any atom is -0.350 e. The lowest BCUT2D eigenvalue weighted by Gasteiger charge is -2.16. The van der Waals surface area contributed by atoms with E-state index in [1.165, 1.54) is 5.56 Å². The van der Waals surface area contributed by atoms with Gasteiger partial charge < -0.3 is 9.88 Å². The molecule has 0 spiro atoms. The molecule has 1 fully saturated rings. The zero-order valence-electron chi connectivity index (χ0n) is 11.1. The first-order chi connectivity index (χ1) is 9.21. The van der Waals surface area contributed by atoms with Gasteiger partial charge in [0.25, 0.3) is 5.91 Å². The number of aryl methyl sites for hydroxylation is 1. The maximum atomic E-state index is 12.1. The summed E-state index contributed by atoms with van der Waals surface area (Å²) in [6.45, 7) is 0.723. The molecule has 1 N–H and O–H groups in total. The Bertz CT molecular complexity index is 582. The van der Waals surface area contributed by atoms with Gasteiger partial charge in [-0.2, -0.15) is 0 Å². The minimum absolute atomic E-state index is 0.00899. The maximum Gasteiger partial charge on any atom is 0.267 e. The molecule has 1 aliphatic rings. The third-order valence-corrected chi connectivity index (χ3v) is 4.00. The van der Waals surface area contributed by atoms with Gasteiger partial charge in [0.15, 0.2) is 0 Å². The number of carbonyl (C=O) groups excluding carboxylic acids is 1. The number of hydrogen-bond acceptors (Lipinski definition) is 1. The number of rotatable bonds is 4. The smallest absolute Gasteiger partial charge is 0.267 e. The van der Waals surface area contributed by atoms with Gasteiger partial charge in [-0.15, -0.1) is 0 Å². The maximum absolute atomic E-state index is 12.1. The molecular formula is C16H18N2O. The summed E-state index contributed by atoms with van der Waals surface area (Å²) >= 11 is 0. The Kier molecular flexibility index (Phi) is 2.90. The first-order valence-corrected chi connectivity index (χ1v) is 6.66. The number of carbonyl (C=O) groups is 1. The first kappa shape index (κ1) is 12.0. The van der Waals surface area contributed by atoms with Crippen molar-refractivity contribution < 1.29 is 4.79 Å². The van der Waals surface area contributed by atoms with E-state index in [0.717, 1.165) is 19.4 Å². The molecule has 1 heterocycles. The normalized spacial score (nSPS) is 16.1. The molecule has 3 rings (SSSR count). The third kappa shape index (κ3) is 2.28. The second-order valence-corrected chi connectivity index (χ2v) is 5.33. The van der Waals surface area contributed by atoms with Crippen LogP contribution in [0.4, 0.5) is 0 Å². The molecule has 19 heavy (non-hydrogen) atoms. The average Bonchev–Trinajstić information content (AvgIpc) is 3.12. The molecule has 0 aliphatic heterocycles. The van der Waals surface area contributed by atoms with Gasteiger partial charge in [0.1, 0.15) is 5.69 Å². The monoisotopic (exact) mass is 254 g/mol. The Morgan fingerprint density at radius 3 is 2.53 bits per heavy atom. The molecule has 0 radical (unpaired) electrons. The quantitative estimate of drug-likeness (QED) is 0.893. The van der Waals surface area contributed by atoms with Gasteiger partial charge in [-0.25, -0.2) is 0 Å². The molecule has 2 aromatic rings. The molecule has 1 aromatic carbocycles. The molecule has 98 valence electrons. The van der Waals surface area contributed by atoms with Crippen molar-refractivity contribution >= 4 is 5.91 Å². The van der Waals surface area contributed by atoms with E-state index >= 15 is 0 Å². The van der Waals surface area contributed by atoms with Crippen LogP contribution in [0.1, 0.15) is 28.9 Å². The van der Waals surface area contributed by atoms with Gasteiger partial charge in [0.05, 0.1) is 0 Å². The highest BCUT2D eigenvalue weighted by Crippen LogP contribution is 2.47. The van der Waals surface area contributed by atoms with Gasteiger partial charge in [-0.1, -0.05) is 30.3 Å². The highest BCUT2D eigenvalue weighted by molar-refractivity contribution is 5.92. The van der Waals surface area contributed by atoms with Crippen molar-refractivity contribution in [3.8, 4) is 0 Å². The molecule has 3 heteroatoms. The molecule has 1 aliphatic carbocycles. The van der Waals surface area contributed by atoms with Crippen LogP contribution in [-0.4, -0.2) is 17.0 Å². The molecule has 0 saturated heterocycles. The van der Waals surface area contributed by atoms with E-state index in [4.69, 9.17) is 0 Å². The van der Waals surface area contributed by atoms with Crippen LogP contribution in [-0.2, 0) is 12.5 Å². The Morgan fingerprint density at radius 2 is 1.95 bits per heavy atom. The fraction of sp³-hybridized carbons (Fsp3) is 0.312. The van der Waals surface area contributed by atoms with E-state index in [1.807, 2.05) is 36.0 Å². The number of aromatic nitrogens is 1. The second-order valence-electron chi connectivity index (χ2n) is 5.33. The van der Waals surface area contributed by atoms with Crippen molar-refractivity contribution in [3.05, 3.63) is 59.9 Å². The summed E-state index contributed by atoms with van der Waals surface area (Å²) in [4.78, 5) is 12.1. The van der Waals surface area contributed by atoms with E-state index in [2.05, 4.69) is 29.6 Å². The van der Waals surface area contributed by atoms with Crippen molar-refractivity contribution in [1.29, 1.82) is 0 Å². The zero-order valence-corrected chi connectivity index (χ0v) is 11.1. The molecule has 1 saturated carbocycles. The van der Waals surface area contributed by atoms with Crippen LogP contribution in [0.3, 0.4) is 0 Å². The van der Waals surface area contributed by atoms with Crippen molar-refractivity contribution in [2.45, 2.75) is 18.3 Å². The van der Waals surface area contributed by atoms with Crippen LogP contribution >= 0.6 is 0 Å². The van der Waals surface area contributed by atoms with E-state index in [-0.39, 0.29) is 11.3 Å². The number of nitrogens with zero attached hydrogens (tertiary/aromatic N) is 1. The van der Waals surface area contributed by atoms with Crippen LogP contribution < -0.4 is 5.32 Å². The SMILES string of the molecule is Cn1cccc1C(=O)NCC1(c2ccccc2)CC1. The lowest BCUT2D eigenvalue weighted by atomic mass is 9.96. The summed E-state index contributed by atoms with van der Waals surface area (Å²) in [5, 5.41) is 3.07. The van der Waals surface area contributed by atoms with Gasteiger partial charge in [0.2, 0.25) is 0 Å². The van der Waals surface area contributed by atoms with Gasteiger partial charge in [-0.05, 0) is 30.5 Å². The number of hydrogen-bond donors (Lipinski definition) is 1.